The molecule has 15 heavy (non-hydrogen) atoms. The quantitative estimate of drug-likeness (QED) is 0.750. The number of hydrogen-bond acceptors (Lipinski definition) is 4. The average molecular weight is 234 g/mol. The molecule has 4 nitrogen and oxygen atoms in total. The van der Waals surface area contributed by atoms with Gasteiger partial charge >= 0.3 is 0 Å². The molecule has 0 bridgehead atoms. The van der Waals surface area contributed by atoms with E-state index in [2.05, 4.69) is 24.1 Å². The lowest BCUT2D eigenvalue weighted by Crippen LogP contribution is -2.36. The fourth-order valence-electron chi connectivity index (χ4n) is 1.93. The minimum Gasteiger partial charge on any atom is -0.310 e. The van der Waals surface area contributed by atoms with Crippen molar-refractivity contribution in [1.82, 2.24) is 10.2 Å². The Labute approximate surface area is 93.0 Å². The van der Waals surface area contributed by atoms with Crippen LogP contribution in [0, 0.1) is 0 Å². The predicted molar refractivity (Wildman–Crippen MR) is 62.8 cm³/mol. The van der Waals surface area contributed by atoms with Crippen LogP contribution in [0.25, 0.3) is 0 Å². The first-order valence-electron chi connectivity index (χ1n) is 5.33. The van der Waals surface area contributed by atoms with Crippen molar-refractivity contribution >= 4 is 9.84 Å². The number of nitrogens with one attached hydrogen (secondary N) is 1. The molecule has 5 heteroatoms. The van der Waals surface area contributed by atoms with Crippen LogP contribution in [0.3, 0.4) is 0 Å². The summed E-state index contributed by atoms with van der Waals surface area (Å²) in [4.78, 5) is 2.14. The monoisotopic (exact) mass is 234 g/mol. The number of sulfone groups is 1. The summed E-state index contributed by atoms with van der Waals surface area (Å²) >= 11 is 0. The number of likely N-dealkylation sites (N-methyl/N-ethyl adjacent to an activating group) is 1. The Morgan fingerprint density at radius 1 is 1.47 bits per heavy atom. The zero-order valence-electron chi connectivity index (χ0n) is 10.1. The van der Waals surface area contributed by atoms with Gasteiger partial charge < -0.3 is 10.2 Å². The lowest BCUT2D eigenvalue weighted by Gasteiger charge is -2.24. The van der Waals surface area contributed by atoms with E-state index in [0.717, 1.165) is 13.0 Å². The van der Waals surface area contributed by atoms with Crippen molar-refractivity contribution in [2.24, 2.45) is 0 Å². The maximum absolute atomic E-state index is 11.0. The van der Waals surface area contributed by atoms with E-state index < -0.39 is 9.84 Å². The first kappa shape index (κ1) is 12.9. The second-order valence-electron chi connectivity index (χ2n) is 5.23. The zero-order chi connectivity index (χ0) is 11.7. The Morgan fingerprint density at radius 2 is 2.07 bits per heavy atom. The molecule has 0 amide bonds. The largest absolute Gasteiger partial charge is 0.310 e. The fourth-order valence-corrected chi connectivity index (χ4v) is 2.55. The lowest BCUT2D eigenvalue weighted by atomic mass is 10.0. The van der Waals surface area contributed by atoms with Crippen molar-refractivity contribution in [3.63, 3.8) is 0 Å². The molecule has 0 saturated carbocycles. The van der Waals surface area contributed by atoms with Gasteiger partial charge in [-0.3, -0.25) is 0 Å². The maximum atomic E-state index is 11.0. The van der Waals surface area contributed by atoms with Gasteiger partial charge in [-0.2, -0.15) is 0 Å². The summed E-state index contributed by atoms with van der Waals surface area (Å²) < 4.78 is 22.1. The van der Waals surface area contributed by atoms with Crippen molar-refractivity contribution in [2.75, 3.05) is 32.1 Å². The molecule has 1 heterocycles. The molecule has 0 aliphatic carbocycles. The van der Waals surface area contributed by atoms with Crippen LogP contribution in [0.5, 0.6) is 0 Å². The Bertz CT molecular complexity index is 311. The first-order valence-corrected chi connectivity index (χ1v) is 7.39. The van der Waals surface area contributed by atoms with E-state index in [-0.39, 0.29) is 11.3 Å². The SMILES string of the molecule is CN(CCS(C)(=O)=O)C1CNC(C)(C)C1. The van der Waals surface area contributed by atoms with Crippen LogP contribution in [-0.2, 0) is 9.84 Å². The van der Waals surface area contributed by atoms with E-state index >= 15 is 0 Å². The van der Waals surface area contributed by atoms with Crippen molar-refractivity contribution in [2.45, 2.75) is 31.8 Å². The van der Waals surface area contributed by atoms with Crippen molar-refractivity contribution in [3.05, 3.63) is 0 Å². The van der Waals surface area contributed by atoms with Crippen molar-refractivity contribution < 1.29 is 8.42 Å². The normalized spacial score (nSPS) is 26.1. The fraction of sp³-hybridized carbons (Fsp3) is 1.00. The number of nitrogens with zero attached hydrogens (tertiary/aromatic N) is 1. The molecule has 90 valence electrons. The molecule has 0 radical (unpaired) electrons. The summed E-state index contributed by atoms with van der Waals surface area (Å²) in [5, 5.41) is 3.43. The van der Waals surface area contributed by atoms with Gasteiger partial charge in [0.25, 0.3) is 0 Å². The molecular formula is C10H22N2O2S. The van der Waals surface area contributed by atoms with Crippen LogP contribution in [-0.4, -0.2) is 57.0 Å². The second kappa shape index (κ2) is 4.39. The van der Waals surface area contributed by atoms with Gasteiger partial charge in [-0.25, -0.2) is 8.42 Å². The molecule has 0 aromatic carbocycles. The van der Waals surface area contributed by atoms with Crippen LogP contribution < -0.4 is 5.32 Å². The third-order valence-corrected chi connectivity index (χ3v) is 3.92. The van der Waals surface area contributed by atoms with Crippen LogP contribution in [0.4, 0.5) is 0 Å². The van der Waals surface area contributed by atoms with Gasteiger partial charge in [-0.05, 0) is 27.3 Å². The second-order valence-corrected chi connectivity index (χ2v) is 7.49. The smallest absolute Gasteiger partial charge is 0.148 e. The summed E-state index contributed by atoms with van der Waals surface area (Å²) in [6.45, 7) is 5.93. The molecule has 0 spiro atoms. The summed E-state index contributed by atoms with van der Waals surface area (Å²) in [6, 6.07) is 0.460. The van der Waals surface area contributed by atoms with Crippen LogP contribution in [0.15, 0.2) is 0 Å². The van der Waals surface area contributed by atoms with Crippen molar-refractivity contribution in [3.8, 4) is 0 Å². The van der Waals surface area contributed by atoms with Gasteiger partial charge in [0, 0.05) is 30.9 Å². The van der Waals surface area contributed by atoms with E-state index in [0.29, 0.717) is 12.6 Å². The Kier molecular flexibility index (Phi) is 3.79. The number of rotatable bonds is 4. The highest BCUT2D eigenvalue weighted by Crippen LogP contribution is 2.21. The zero-order valence-corrected chi connectivity index (χ0v) is 10.9. The third kappa shape index (κ3) is 4.49. The first-order chi connectivity index (χ1) is 6.70. The van der Waals surface area contributed by atoms with Gasteiger partial charge in [0.1, 0.15) is 9.84 Å². The molecule has 1 atom stereocenters. The van der Waals surface area contributed by atoms with E-state index in [9.17, 15) is 8.42 Å². The van der Waals surface area contributed by atoms with Gasteiger partial charge in [0.05, 0.1) is 5.75 Å². The molecule has 1 unspecified atom stereocenters. The predicted octanol–water partition coefficient (Wildman–Crippen LogP) is 0.103. The highest BCUT2D eigenvalue weighted by molar-refractivity contribution is 7.90. The standard InChI is InChI=1S/C10H22N2O2S/c1-10(2)7-9(8-11-10)12(3)5-6-15(4,13)14/h9,11H,5-8H2,1-4H3. The highest BCUT2D eigenvalue weighted by Gasteiger charge is 2.32. The van der Waals surface area contributed by atoms with Crippen LogP contribution in [0.2, 0.25) is 0 Å². The molecule has 1 aliphatic heterocycles. The maximum Gasteiger partial charge on any atom is 0.148 e. The summed E-state index contributed by atoms with van der Waals surface area (Å²) in [7, 11) is -0.841. The highest BCUT2D eigenvalue weighted by atomic mass is 32.2. The van der Waals surface area contributed by atoms with Crippen LogP contribution in [0.1, 0.15) is 20.3 Å². The minimum atomic E-state index is -2.84. The Balaban J connectivity index is 2.39. The Hall–Kier alpha value is -0.130. The van der Waals surface area contributed by atoms with Gasteiger partial charge in [0.2, 0.25) is 0 Å². The summed E-state index contributed by atoms with van der Waals surface area (Å²) in [6.07, 6.45) is 2.37. The van der Waals surface area contributed by atoms with E-state index in [1.165, 1.54) is 6.26 Å². The summed E-state index contributed by atoms with van der Waals surface area (Å²) in [5.41, 5.74) is 0.185. The minimum absolute atomic E-state index is 0.185. The van der Waals surface area contributed by atoms with Gasteiger partial charge in [-0.15, -0.1) is 0 Å². The average Bonchev–Trinajstić information content (AvgIpc) is 2.40. The Morgan fingerprint density at radius 3 is 2.47 bits per heavy atom. The molecule has 1 fully saturated rings. The topological polar surface area (TPSA) is 49.4 Å². The van der Waals surface area contributed by atoms with E-state index in [1.54, 1.807) is 0 Å². The van der Waals surface area contributed by atoms with Crippen molar-refractivity contribution in [1.29, 1.82) is 0 Å². The van der Waals surface area contributed by atoms with E-state index in [1.807, 2.05) is 7.05 Å². The molecule has 1 aliphatic rings. The van der Waals surface area contributed by atoms with Crippen LogP contribution >= 0.6 is 0 Å². The molecule has 1 rings (SSSR count). The molecule has 1 saturated heterocycles. The van der Waals surface area contributed by atoms with Gasteiger partial charge in [0.15, 0.2) is 0 Å². The lowest BCUT2D eigenvalue weighted by molar-refractivity contribution is 0.262. The van der Waals surface area contributed by atoms with E-state index in [4.69, 9.17) is 0 Å². The van der Waals surface area contributed by atoms with Gasteiger partial charge in [-0.1, -0.05) is 0 Å². The summed E-state index contributed by atoms with van der Waals surface area (Å²) in [5.74, 6) is 0.250. The molecular weight excluding hydrogens is 212 g/mol. The third-order valence-electron chi connectivity index (χ3n) is 3.00. The molecule has 1 N–H and O–H groups in total. The molecule has 0 aromatic heterocycles. The molecule has 0 aromatic rings. The number of hydrogen-bond donors (Lipinski definition) is 1.